The molecule has 1 aromatic rings. The van der Waals surface area contributed by atoms with Crippen LogP contribution in [0.3, 0.4) is 0 Å². The van der Waals surface area contributed by atoms with E-state index in [0.29, 0.717) is 6.54 Å². The summed E-state index contributed by atoms with van der Waals surface area (Å²) >= 11 is 5.91. The van der Waals surface area contributed by atoms with Crippen LogP contribution in [0.15, 0.2) is 34.7 Å². The third-order valence-corrected chi connectivity index (χ3v) is 5.14. The van der Waals surface area contributed by atoms with E-state index in [1.54, 1.807) is 6.07 Å². The van der Waals surface area contributed by atoms with E-state index < -0.39 is 10.0 Å². The SMILES string of the molecule is Nc1cccc(Cl)c1S(=O)(=O)NCCC1=CCCC1. The molecule has 1 aliphatic rings. The average Bonchev–Trinajstić information content (AvgIpc) is 2.81. The smallest absolute Gasteiger partial charge is 0.244 e. The number of nitrogens with two attached hydrogens (primary N) is 1. The molecule has 0 amide bonds. The van der Waals surface area contributed by atoms with Gasteiger partial charge in [-0.25, -0.2) is 13.1 Å². The largest absolute Gasteiger partial charge is 0.398 e. The Morgan fingerprint density at radius 3 is 2.79 bits per heavy atom. The van der Waals surface area contributed by atoms with E-state index in [-0.39, 0.29) is 15.6 Å². The Morgan fingerprint density at radius 2 is 2.16 bits per heavy atom. The van der Waals surface area contributed by atoms with E-state index in [4.69, 9.17) is 17.3 Å². The Bertz CT molecular complexity index is 576. The number of nitrogen functional groups attached to an aromatic ring is 1. The Morgan fingerprint density at radius 1 is 1.37 bits per heavy atom. The Balaban J connectivity index is 2.05. The van der Waals surface area contributed by atoms with Gasteiger partial charge in [-0.3, -0.25) is 0 Å². The van der Waals surface area contributed by atoms with Crippen LogP contribution in [0.2, 0.25) is 5.02 Å². The van der Waals surface area contributed by atoms with Gasteiger partial charge >= 0.3 is 0 Å². The molecule has 0 atom stereocenters. The first-order valence-electron chi connectivity index (χ1n) is 6.22. The predicted octanol–water partition coefficient (Wildman–Crippen LogP) is 2.70. The van der Waals surface area contributed by atoms with Crippen molar-refractivity contribution in [3.05, 3.63) is 34.9 Å². The molecule has 1 aliphatic carbocycles. The molecule has 19 heavy (non-hydrogen) atoms. The maximum atomic E-state index is 12.2. The highest BCUT2D eigenvalue weighted by Gasteiger charge is 2.20. The minimum Gasteiger partial charge on any atom is -0.398 e. The summed E-state index contributed by atoms with van der Waals surface area (Å²) in [6.45, 7) is 0.374. The molecular weight excluding hydrogens is 284 g/mol. The number of hydrogen-bond acceptors (Lipinski definition) is 3. The molecule has 0 saturated carbocycles. The zero-order chi connectivity index (χ0) is 13.9. The fourth-order valence-electron chi connectivity index (χ4n) is 2.19. The summed E-state index contributed by atoms with van der Waals surface area (Å²) in [4.78, 5) is -0.0305. The van der Waals surface area contributed by atoms with Crippen molar-refractivity contribution in [1.82, 2.24) is 4.72 Å². The molecule has 0 spiro atoms. The molecule has 3 N–H and O–H groups in total. The highest BCUT2D eigenvalue weighted by Crippen LogP contribution is 2.27. The molecule has 104 valence electrons. The third kappa shape index (κ3) is 3.49. The average molecular weight is 301 g/mol. The molecule has 0 aromatic heterocycles. The van der Waals surface area contributed by atoms with Gasteiger partial charge in [0.2, 0.25) is 10.0 Å². The fourth-order valence-corrected chi connectivity index (χ4v) is 3.90. The second-order valence-electron chi connectivity index (χ2n) is 4.56. The van der Waals surface area contributed by atoms with Crippen molar-refractivity contribution >= 4 is 27.3 Å². The van der Waals surface area contributed by atoms with Crippen LogP contribution in [0.4, 0.5) is 5.69 Å². The summed E-state index contributed by atoms with van der Waals surface area (Å²) in [5, 5.41) is 0.146. The van der Waals surface area contributed by atoms with Crippen LogP contribution in [0.5, 0.6) is 0 Å². The Hall–Kier alpha value is -1.04. The molecule has 4 nitrogen and oxygen atoms in total. The van der Waals surface area contributed by atoms with Crippen molar-refractivity contribution in [2.45, 2.75) is 30.6 Å². The summed E-state index contributed by atoms with van der Waals surface area (Å²) in [5.41, 5.74) is 7.17. The maximum absolute atomic E-state index is 12.2. The molecule has 0 aliphatic heterocycles. The maximum Gasteiger partial charge on any atom is 0.244 e. The van der Waals surface area contributed by atoms with E-state index in [1.807, 2.05) is 0 Å². The summed E-state index contributed by atoms with van der Waals surface area (Å²) in [6, 6.07) is 4.67. The predicted molar refractivity (Wildman–Crippen MR) is 77.6 cm³/mol. The zero-order valence-electron chi connectivity index (χ0n) is 10.5. The van der Waals surface area contributed by atoms with Crippen molar-refractivity contribution in [2.24, 2.45) is 0 Å². The fraction of sp³-hybridized carbons (Fsp3) is 0.385. The molecule has 0 heterocycles. The van der Waals surface area contributed by atoms with Crippen molar-refractivity contribution in [3.8, 4) is 0 Å². The number of anilines is 1. The van der Waals surface area contributed by atoms with E-state index >= 15 is 0 Å². The van der Waals surface area contributed by atoms with Crippen LogP contribution in [0.1, 0.15) is 25.7 Å². The molecule has 0 fully saturated rings. The molecule has 2 rings (SSSR count). The summed E-state index contributed by atoms with van der Waals surface area (Å²) < 4.78 is 26.9. The quantitative estimate of drug-likeness (QED) is 0.649. The summed E-state index contributed by atoms with van der Waals surface area (Å²) in [6.07, 6.45) is 6.25. The van der Waals surface area contributed by atoms with Crippen molar-refractivity contribution in [3.63, 3.8) is 0 Å². The lowest BCUT2D eigenvalue weighted by molar-refractivity contribution is 0.581. The second kappa shape index (κ2) is 5.94. The first kappa shape index (κ1) is 14.4. The van der Waals surface area contributed by atoms with E-state index in [0.717, 1.165) is 19.3 Å². The number of halogens is 1. The van der Waals surface area contributed by atoms with Gasteiger partial charge in [0.05, 0.1) is 10.7 Å². The van der Waals surface area contributed by atoms with Gasteiger partial charge in [0.1, 0.15) is 4.90 Å². The van der Waals surface area contributed by atoms with E-state index in [9.17, 15) is 8.42 Å². The minimum absolute atomic E-state index is 0.0305. The standard InChI is InChI=1S/C13H17ClN2O2S/c14-11-6-3-7-12(15)13(11)19(17,18)16-9-8-10-4-1-2-5-10/h3-4,6-7,16H,1-2,5,8-9,15H2. The molecular formula is C13H17ClN2O2S. The normalized spacial score (nSPS) is 15.5. The van der Waals surface area contributed by atoms with Gasteiger partial charge in [-0.15, -0.1) is 0 Å². The number of sulfonamides is 1. The van der Waals surface area contributed by atoms with Crippen molar-refractivity contribution < 1.29 is 8.42 Å². The number of nitrogens with one attached hydrogen (secondary N) is 1. The van der Waals surface area contributed by atoms with Crippen LogP contribution < -0.4 is 10.5 Å². The van der Waals surface area contributed by atoms with Crippen LogP contribution >= 0.6 is 11.6 Å². The van der Waals surface area contributed by atoms with Gasteiger partial charge in [0, 0.05) is 6.54 Å². The molecule has 6 heteroatoms. The monoisotopic (exact) mass is 300 g/mol. The molecule has 0 saturated heterocycles. The lowest BCUT2D eigenvalue weighted by Crippen LogP contribution is -2.26. The number of hydrogen-bond donors (Lipinski definition) is 2. The van der Waals surface area contributed by atoms with Gasteiger partial charge in [-0.1, -0.05) is 29.3 Å². The molecule has 0 unspecified atom stereocenters. The Labute approximate surface area is 118 Å². The van der Waals surface area contributed by atoms with Gasteiger partial charge in [0.25, 0.3) is 0 Å². The molecule has 0 radical (unpaired) electrons. The van der Waals surface area contributed by atoms with E-state index in [1.165, 1.54) is 24.1 Å². The number of allylic oxidation sites excluding steroid dienone is 1. The summed E-state index contributed by atoms with van der Waals surface area (Å²) in [5.74, 6) is 0. The van der Waals surface area contributed by atoms with Crippen LogP contribution in [0, 0.1) is 0 Å². The van der Waals surface area contributed by atoms with Crippen molar-refractivity contribution in [2.75, 3.05) is 12.3 Å². The number of benzene rings is 1. The molecule has 1 aromatic carbocycles. The van der Waals surface area contributed by atoms with Gasteiger partial charge in [-0.2, -0.15) is 0 Å². The lowest BCUT2D eigenvalue weighted by Gasteiger charge is -2.10. The topological polar surface area (TPSA) is 72.2 Å². The summed E-state index contributed by atoms with van der Waals surface area (Å²) in [7, 11) is -3.65. The van der Waals surface area contributed by atoms with Crippen LogP contribution in [-0.2, 0) is 10.0 Å². The highest BCUT2D eigenvalue weighted by atomic mass is 35.5. The Kier molecular flexibility index (Phi) is 4.50. The minimum atomic E-state index is -3.65. The zero-order valence-corrected chi connectivity index (χ0v) is 12.1. The van der Waals surface area contributed by atoms with Crippen LogP contribution in [-0.4, -0.2) is 15.0 Å². The van der Waals surface area contributed by atoms with Gasteiger partial charge in [-0.05, 0) is 37.8 Å². The van der Waals surface area contributed by atoms with Crippen LogP contribution in [0.25, 0.3) is 0 Å². The molecule has 0 bridgehead atoms. The first-order chi connectivity index (χ1) is 9.00. The third-order valence-electron chi connectivity index (χ3n) is 3.14. The van der Waals surface area contributed by atoms with Crippen molar-refractivity contribution in [1.29, 1.82) is 0 Å². The van der Waals surface area contributed by atoms with E-state index in [2.05, 4.69) is 10.8 Å². The first-order valence-corrected chi connectivity index (χ1v) is 8.08. The lowest BCUT2D eigenvalue weighted by atomic mass is 10.2. The van der Waals surface area contributed by atoms with Gasteiger partial charge < -0.3 is 5.73 Å². The number of rotatable bonds is 5. The van der Waals surface area contributed by atoms with Gasteiger partial charge in [0.15, 0.2) is 0 Å². The highest BCUT2D eigenvalue weighted by molar-refractivity contribution is 7.89. The second-order valence-corrected chi connectivity index (χ2v) is 6.67.